The zero-order chi connectivity index (χ0) is 24.9. The number of hydrogen-bond acceptors (Lipinski definition) is 7. The Morgan fingerprint density at radius 3 is 2.54 bits per heavy atom. The third kappa shape index (κ3) is 5.43. The summed E-state index contributed by atoms with van der Waals surface area (Å²) in [5.41, 5.74) is 3.62. The Labute approximate surface area is 209 Å². The zero-order valence-corrected chi connectivity index (χ0v) is 21.1. The number of para-hydroxylation sites is 1. The first-order valence-electron chi connectivity index (χ1n) is 11.5. The van der Waals surface area contributed by atoms with Gasteiger partial charge in [0.1, 0.15) is 5.75 Å². The van der Waals surface area contributed by atoms with E-state index in [1.165, 1.54) is 11.8 Å². The van der Waals surface area contributed by atoms with Crippen LogP contribution in [0.3, 0.4) is 0 Å². The van der Waals surface area contributed by atoms with Gasteiger partial charge in [-0.2, -0.15) is 0 Å². The monoisotopic (exact) mass is 491 g/mol. The molecule has 1 atom stereocenters. The average molecular weight is 492 g/mol. The molecule has 0 aliphatic carbocycles. The van der Waals surface area contributed by atoms with Crippen molar-refractivity contribution < 1.29 is 19.1 Å². The Balaban J connectivity index is 1.65. The second kappa shape index (κ2) is 10.8. The van der Waals surface area contributed by atoms with E-state index in [1.54, 1.807) is 7.11 Å². The molecule has 2 aromatic rings. The van der Waals surface area contributed by atoms with E-state index in [1.807, 2.05) is 85.7 Å². The summed E-state index contributed by atoms with van der Waals surface area (Å²) in [5, 5.41) is 5.62. The van der Waals surface area contributed by atoms with Gasteiger partial charge in [-0.05, 0) is 37.8 Å². The van der Waals surface area contributed by atoms with Crippen LogP contribution in [0.2, 0.25) is 0 Å². The van der Waals surface area contributed by atoms with Gasteiger partial charge in [0, 0.05) is 17.8 Å². The molecule has 7 nitrogen and oxygen atoms in total. The lowest BCUT2D eigenvalue weighted by Gasteiger charge is -2.37. The van der Waals surface area contributed by atoms with Crippen LogP contribution in [-0.4, -0.2) is 35.2 Å². The van der Waals surface area contributed by atoms with Crippen LogP contribution in [0, 0.1) is 0 Å². The highest BCUT2D eigenvalue weighted by Gasteiger charge is 2.42. The number of ether oxygens (including phenoxy) is 2. The van der Waals surface area contributed by atoms with Gasteiger partial charge in [-0.25, -0.2) is 9.79 Å². The van der Waals surface area contributed by atoms with Crippen LogP contribution in [0.1, 0.15) is 44.4 Å². The van der Waals surface area contributed by atoms with Gasteiger partial charge in [0.05, 0.1) is 36.9 Å². The van der Waals surface area contributed by atoms with E-state index in [9.17, 15) is 9.59 Å². The van der Waals surface area contributed by atoms with Crippen molar-refractivity contribution in [3.8, 4) is 5.75 Å². The molecule has 4 rings (SSSR count). The first-order valence-corrected chi connectivity index (χ1v) is 12.4. The Hall–Kier alpha value is -3.52. The summed E-state index contributed by atoms with van der Waals surface area (Å²) in [6.45, 7) is 5.89. The molecule has 0 saturated carbocycles. The van der Waals surface area contributed by atoms with Crippen LogP contribution in [-0.2, 0) is 20.9 Å². The van der Waals surface area contributed by atoms with E-state index < -0.39 is 12.0 Å². The molecule has 35 heavy (non-hydrogen) atoms. The largest absolute Gasteiger partial charge is 0.496 e. The van der Waals surface area contributed by atoms with Crippen molar-refractivity contribution >= 4 is 28.8 Å². The first-order chi connectivity index (χ1) is 16.9. The number of allylic oxidation sites excluding steroid dienone is 1. The van der Waals surface area contributed by atoms with Crippen LogP contribution in [0.4, 0.5) is 0 Å². The number of nitrogens with zero attached hydrogens (tertiary/aromatic N) is 2. The minimum atomic E-state index is -0.534. The Morgan fingerprint density at radius 1 is 1.11 bits per heavy atom. The quantitative estimate of drug-likeness (QED) is 0.528. The van der Waals surface area contributed by atoms with Crippen LogP contribution in [0.25, 0.3) is 0 Å². The van der Waals surface area contributed by atoms with Crippen molar-refractivity contribution in [1.29, 1.82) is 0 Å². The lowest BCUT2D eigenvalue weighted by atomic mass is 9.93. The normalized spacial score (nSPS) is 17.1. The summed E-state index contributed by atoms with van der Waals surface area (Å²) >= 11 is 1.44. The van der Waals surface area contributed by atoms with Crippen molar-refractivity contribution in [2.45, 2.75) is 45.9 Å². The second-order valence-corrected chi connectivity index (χ2v) is 9.36. The van der Waals surface area contributed by atoms with Crippen molar-refractivity contribution in [1.82, 2.24) is 10.2 Å². The number of rotatable bonds is 8. The molecule has 182 valence electrons. The predicted octanol–water partition coefficient (Wildman–Crippen LogP) is 4.93. The summed E-state index contributed by atoms with van der Waals surface area (Å²) in [5.74, 6) is 0.102. The summed E-state index contributed by atoms with van der Waals surface area (Å²) in [6, 6.07) is 16.8. The summed E-state index contributed by atoms with van der Waals surface area (Å²) in [6.07, 6.45) is -0.131. The molecule has 1 N–H and O–H groups in total. The van der Waals surface area contributed by atoms with Crippen LogP contribution in [0.5, 0.6) is 5.75 Å². The lowest BCUT2D eigenvalue weighted by molar-refractivity contribution is -0.143. The van der Waals surface area contributed by atoms with Crippen molar-refractivity contribution in [3.05, 3.63) is 88.1 Å². The zero-order valence-electron chi connectivity index (χ0n) is 20.3. The van der Waals surface area contributed by atoms with E-state index in [0.29, 0.717) is 28.7 Å². The van der Waals surface area contributed by atoms with Gasteiger partial charge in [-0.3, -0.25) is 4.79 Å². The predicted molar refractivity (Wildman–Crippen MR) is 138 cm³/mol. The fraction of sp³-hybridized carbons (Fsp3) is 0.296. The van der Waals surface area contributed by atoms with E-state index in [-0.39, 0.29) is 18.4 Å². The Kier molecular flexibility index (Phi) is 7.60. The molecule has 2 aliphatic heterocycles. The highest BCUT2D eigenvalue weighted by atomic mass is 32.2. The number of methoxy groups -OCH3 is 1. The lowest BCUT2D eigenvalue weighted by Crippen LogP contribution is -2.38. The minimum absolute atomic E-state index is 0.113. The fourth-order valence-corrected chi connectivity index (χ4v) is 5.08. The van der Waals surface area contributed by atoms with Crippen LogP contribution >= 0.6 is 11.8 Å². The number of hydrogen-bond donors (Lipinski definition) is 1. The molecule has 8 heteroatoms. The number of fused-ring (bicyclic) bond motifs is 1. The number of amidine groups is 1. The second-order valence-electron chi connectivity index (χ2n) is 8.53. The maximum absolute atomic E-state index is 13.3. The van der Waals surface area contributed by atoms with Crippen LogP contribution in [0.15, 0.2) is 82.0 Å². The van der Waals surface area contributed by atoms with Crippen LogP contribution < -0.4 is 10.1 Å². The highest BCUT2D eigenvalue weighted by Crippen LogP contribution is 2.46. The molecule has 0 saturated heterocycles. The number of amides is 1. The molecule has 2 aromatic carbocycles. The standard InChI is InChI=1S/C27H29N3O4S/c1-17(2)34-26(32)24-18(3)29-27-30(25(24)21-12-8-9-13-22(21)33-4)20(16-35-27)14-23(31)28-15-19-10-6-5-7-11-19/h5-13,16-17,25H,14-15H2,1-4H3,(H,28,31)/t25-/m1/s1. The van der Waals surface area contributed by atoms with Gasteiger partial charge in [-0.15, -0.1) is 0 Å². The molecular weight excluding hydrogens is 462 g/mol. The number of esters is 1. The molecule has 2 heterocycles. The topological polar surface area (TPSA) is 80.2 Å². The minimum Gasteiger partial charge on any atom is -0.496 e. The third-order valence-electron chi connectivity index (χ3n) is 5.67. The van der Waals surface area contributed by atoms with Gasteiger partial charge >= 0.3 is 5.97 Å². The molecule has 0 spiro atoms. The molecule has 1 amide bonds. The Morgan fingerprint density at radius 2 is 1.83 bits per heavy atom. The van der Waals surface area contributed by atoms with Crippen molar-refractivity contribution in [2.24, 2.45) is 4.99 Å². The summed E-state index contributed by atoms with van der Waals surface area (Å²) < 4.78 is 11.2. The molecular formula is C27H29N3O4S. The van der Waals surface area contributed by atoms with E-state index in [4.69, 9.17) is 14.5 Å². The number of nitrogens with one attached hydrogen (secondary N) is 1. The first kappa shape index (κ1) is 24.6. The van der Waals surface area contributed by atoms with Gasteiger partial charge in [0.15, 0.2) is 5.17 Å². The van der Waals surface area contributed by atoms with Crippen molar-refractivity contribution in [3.63, 3.8) is 0 Å². The average Bonchev–Trinajstić information content (AvgIpc) is 3.23. The van der Waals surface area contributed by atoms with E-state index >= 15 is 0 Å². The molecule has 0 aromatic heterocycles. The number of carbonyl (C=O) groups is 2. The SMILES string of the molecule is COc1ccccc1[C@@H]1C(C(=O)OC(C)C)=C(C)N=C2SC=C(CC(=O)NCc3ccccc3)N21. The fourth-order valence-electron chi connectivity index (χ4n) is 4.12. The smallest absolute Gasteiger partial charge is 0.338 e. The van der Waals surface area contributed by atoms with Gasteiger partial charge in [0.2, 0.25) is 5.91 Å². The molecule has 0 unspecified atom stereocenters. The molecule has 0 fully saturated rings. The number of benzene rings is 2. The summed E-state index contributed by atoms with van der Waals surface area (Å²) in [7, 11) is 1.60. The third-order valence-corrected chi connectivity index (χ3v) is 6.56. The highest BCUT2D eigenvalue weighted by molar-refractivity contribution is 8.16. The number of thioether (sulfide) groups is 1. The Bertz CT molecular complexity index is 1200. The molecule has 2 aliphatic rings. The van der Waals surface area contributed by atoms with Gasteiger partial charge in [0.25, 0.3) is 0 Å². The maximum atomic E-state index is 13.3. The van der Waals surface area contributed by atoms with Gasteiger partial charge in [-0.1, -0.05) is 60.3 Å². The van der Waals surface area contributed by atoms with Gasteiger partial charge < -0.3 is 19.7 Å². The van der Waals surface area contributed by atoms with E-state index in [0.717, 1.165) is 16.8 Å². The van der Waals surface area contributed by atoms with E-state index in [2.05, 4.69) is 5.32 Å². The van der Waals surface area contributed by atoms with Crippen molar-refractivity contribution in [2.75, 3.05) is 7.11 Å². The number of aliphatic imine (C=N–C) groups is 1. The molecule has 0 bridgehead atoms. The maximum Gasteiger partial charge on any atom is 0.338 e. The summed E-state index contributed by atoms with van der Waals surface area (Å²) in [4.78, 5) is 32.8. The molecule has 0 radical (unpaired) electrons. The number of carbonyl (C=O) groups excluding carboxylic acids is 2.